The van der Waals surface area contributed by atoms with Crippen LogP contribution in [0, 0.1) is 5.82 Å². The Morgan fingerprint density at radius 2 is 2.36 bits per heavy atom. The van der Waals surface area contributed by atoms with Gasteiger partial charge >= 0.3 is 0 Å². The molecule has 3 nitrogen and oxygen atoms in total. The second-order valence-corrected chi connectivity index (χ2v) is 3.34. The molecule has 2 rings (SSSR count). The van der Waals surface area contributed by atoms with Crippen molar-refractivity contribution in [3.05, 3.63) is 29.6 Å². The Balaban J connectivity index is 2.22. The lowest BCUT2D eigenvalue weighted by Gasteiger charge is -2.24. The van der Waals surface area contributed by atoms with Crippen LogP contribution in [0.5, 0.6) is 0 Å². The highest BCUT2D eigenvalue weighted by molar-refractivity contribution is 5.41. The Bertz CT molecular complexity index is 324. The van der Waals surface area contributed by atoms with E-state index in [1.54, 1.807) is 12.1 Å². The number of nitrogen functional groups attached to an aromatic ring is 1. The van der Waals surface area contributed by atoms with Gasteiger partial charge in [-0.1, -0.05) is 6.07 Å². The molecular formula is C10H13FN2O. The van der Waals surface area contributed by atoms with Gasteiger partial charge in [-0.3, -0.25) is 0 Å². The molecule has 1 atom stereocenters. The number of morpholine rings is 1. The molecule has 1 aliphatic heterocycles. The molecule has 1 fully saturated rings. The summed E-state index contributed by atoms with van der Waals surface area (Å²) in [4.78, 5) is 0. The van der Waals surface area contributed by atoms with Crippen molar-refractivity contribution in [1.29, 1.82) is 0 Å². The minimum absolute atomic E-state index is 0.190. The third-order valence-corrected chi connectivity index (χ3v) is 2.30. The van der Waals surface area contributed by atoms with Crippen LogP contribution in [0.15, 0.2) is 18.2 Å². The van der Waals surface area contributed by atoms with Gasteiger partial charge in [0.05, 0.1) is 12.7 Å². The van der Waals surface area contributed by atoms with Crippen LogP contribution >= 0.6 is 0 Å². The van der Waals surface area contributed by atoms with Gasteiger partial charge in [0, 0.05) is 24.3 Å². The number of hydrogen-bond donors (Lipinski definition) is 2. The van der Waals surface area contributed by atoms with Crippen LogP contribution in [0.2, 0.25) is 0 Å². The van der Waals surface area contributed by atoms with E-state index in [0.29, 0.717) is 24.4 Å². The fraction of sp³-hybridized carbons (Fsp3) is 0.400. The van der Waals surface area contributed by atoms with Gasteiger partial charge in [0.1, 0.15) is 5.82 Å². The number of ether oxygens (including phenoxy) is 1. The van der Waals surface area contributed by atoms with Crippen molar-refractivity contribution in [2.24, 2.45) is 0 Å². The molecule has 1 aliphatic rings. The summed E-state index contributed by atoms with van der Waals surface area (Å²) in [5, 5.41) is 3.15. The van der Waals surface area contributed by atoms with Crippen molar-refractivity contribution in [2.45, 2.75) is 6.10 Å². The van der Waals surface area contributed by atoms with Gasteiger partial charge in [-0.15, -0.1) is 0 Å². The van der Waals surface area contributed by atoms with Gasteiger partial charge in [-0.2, -0.15) is 0 Å². The first kappa shape index (κ1) is 9.43. The maximum Gasteiger partial charge on any atom is 0.131 e. The molecule has 0 saturated carbocycles. The van der Waals surface area contributed by atoms with Gasteiger partial charge in [0.25, 0.3) is 0 Å². The highest BCUT2D eigenvalue weighted by atomic mass is 19.1. The number of benzene rings is 1. The summed E-state index contributed by atoms with van der Waals surface area (Å²) >= 11 is 0. The molecule has 3 N–H and O–H groups in total. The minimum atomic E-state index is -0.293. The van der Waals surface area contributed by atoms with Crippen molar-refractivity contribution in [3.63, 3.8) is 0 Å². The Morgan fingerprint density at radius 3 is 3.00 bits per heavy atom. The zero-order valence-corrected chi connectivity index (χ0v) is 7.79. The van der Waals surface area contributed by atoms with Gasteiger partial charge in [-0.25, -0.2) is 4.39 Å². The quantitative estimate of drug-likeness (QED) is 0.660. The van der Waals surface area contributed by atoms with E-state index in [-0.39, 0.29) is 11.9 Å². The van der Waals surface area contributed by atoms with Crippen molar-refractivity contribution in [1.82, 2.24) is 5.32 Å². The van der Waals surface area contributed by atoms with Crippen molar-refractivity contribution in [3.8, 4) is 0 Å². The highest BCUT2D eigenvalue weighted by Crippen LogP contribution is 2.23. The van der Waals surface area contributed by atoms with Crippen LogP contribution in [0.1, 0.15) is 11.7 Å². The number of nitrogens with one attached hydrogen (secondary N) is 1. The molecule has 1 unspecified atom stereocenters. The van der Waals surface area contributed by atoms with E-state index in [2.05, 4.69) is 5.32 Å². The predicted molar refractivity (Wildman–Crippen MR) is 52.4 cm³/mol. The largest absolute Gasteiger partial charge is 0.399 e. The second kappa shape index (κ2) is 3.94. The maximum atomic E-state index is 13.4. The van der Waals surface area contributed by atoms with E-state index in [9.17, 15) is 4.39 Å². The molecular weight excluding hydrogens is 183 g/mol. The first-order valence-corrected chi connectivity index (χ1v) is 4.64. The summed E-state index contributed by atoms with van der Waals surface area (Å²) in [5.41, 5.74) is 6.48. The zero-order chi connectivity index (χ0) is 9.97. The Morgan fingerprint density at radius 1 is 1.50 bits per heavy atom. The lowest BCUT2D eigenvalue weighted by atomic mass is 10.1. The van der Waals surface area contributed by atoms with E-state index in [1.165, 1.54) is 6.07 Å². The van der Waals surface area contributed by atoms with E-state index in [0.717, 1.165) is 6.54 Å². The van der Waals surface area contributed by atoms with E-state index >= 15 is 0 Å². The Kier molecular flexibility index (Phi) is 2.65. The van der Waals surface area contributed by atoms with E-state index in [1.807, 2.05) is 0 Å². The molecule has 0 aromatic heterocycles. The van der Waals surface area contributed by atoms with Crippen LogP contribution in [0.3, 0.4) is 0 Å². The molecule has 0 radical (unpaired) electrons. The number of anilines is 1. The third kappa shape index (κ3) is 1.86. The summed E-state index contributed by atoms with van der Waals surface area (Å²) in [6.07, 6.45) is -0.190. The summed E-state index contributed by atoms with van der Waals surface area (Å²) in [5.74, 6) is -0.293. The number of rotatable bonds is 1. The van der Waals surface area contributed by atoms with Gasteiger partial charge in [0.2, 0.25) is 0 Å². The second-order valence-electron chi connectivity index (χ2n) is 3.34. The fourth-order valence-electron chi connectivity index (χ4n) is 1.57. The van der Waals surface area contributed by atoms with Crippen LogP contribution in [-0.2, 0) is 4.74 Å². The summed E-state index contributed by atoms with van der Waals surface area (Å²) in [6.45, 7) is 2.10. The van der Waals surface area contributed by atoms with Crippen molar-refractivity contribution >= 4 is 5.69 Å². The summed E-state index contributed by atoms with van der Waals surface area (Å²) < 4.78 is 18.9. The maximum absolute atomic E-state index is 13.4. The standard InChI is InChI=1S/C10H13FN2O/c11-9-5-7(12)1-2-8(9)10-6-13-3-4-14-10/h1-2,5,10,13H,3-4,6,12H2. The minimum Gasteiger partial charge on any atom is -0.399 e. The van der Waals surface area contributed by atoms with Crippen LogP contribution < -0.4 is 11.1 Å². The van der Waals surface area contributed by atoms with Crippen LogP contribution in [0.25, 0.3) is 0 Å². The molecule has 1 saturated heterocycles. The van der Waals surface area contributed by atoms with Gasteiger partial charge in [-0.05, 0) is 12.1 Å². The average molecular weight is 196 g/mol. The number of halogens is 1. The molecule has 0 spiro atoms. The highest BCUT2D eigenvalue weighted by Gasteiger charge is 2.18. The zero-order valence-electron chi connectivity index (χ0n) is 7.79. The van der Waals surface area contributed by atoms with Gasteiger partial charge < -0.3 is 15.8 Å². The molecule has 1 heterocycles. The lowest BCUT2D eigenvalue weighted by Crippen LogP contribution is -2.33. The van der Waals surface area contributed by atoms with Crippen molar-refractivity contribution < 1.29 is 9.13 Å². The van der Waals surface area contributed by atoms with E-state index < -0.39 is 0 Å². The predicted octanol–water partition coefficient (Wildman–Crippen LogP) is 1.07. The van der Waals surface area contributed by atoms with Crippen LogP contribution in [-0.4, -0.2) is 19.7 Å². The number of hydrogen-bond acceptors (Lipinski definition) is 3. The molecule has 76 valence electrons. The fourth-order valence-corrected chi connectivity index (χ4v) is 1.57. The summed E-state index contributed by atoms with van der Waals surface area (Å²) in [6, 6.07) is 4.70. The Labute approximate surface area is 82.1 Å². The molecule has 1 aromatic carbocycles. The third-order valence-electron chi connectivity index (χ3n) is 2.30. The first-order valence-electron chi connectivity index (χ1n) is 4.64. The monoisotopic (exact) mass is 196 g/mol. The molecule has 0 aliphatic carbocycles. The molecule has 1 aromatic rings. The number of nitrogens with two attached hydrogens (primary N) is 1. The van der Waals surface area contributed by atoms with Gasteiger partial charge in [0.15, 0.2) is 0 Å². The van der Waals surface area contributed by atoms with Crippen molar-refractivity contribution in [2.75, 3.05) is 25.4 Å². The van der Waals surface area contributed by atoms with Crippen LogP contribution in [0.4, 0.5) is 10.1 Å². The first-order chi connectivity index (χ1) is 6.77. The summed E-state index contributed by atoms with van der Waals surface area (Å²) in [7, 11) is 0. The van der Waals surface area contributed by atoms with E-state index in [4.69, 9.17) is 10.5 Å². The topological polar surface area (TPSA) is 47.3 Å². The lowest BCUT2D eigenvalue weighted by molar-refractivity contribution is 0.0255. The molecule has 0 bridgehead atoms. The molecule has 14 heavy (non-hydrogen) atoms. The smallest absolute Gasteiger partial charge is 0.131 e. The SMILES string of the molecule is Nc1ccc(C2CNCCO2)c(F)c1. The Hall–Kier alpha value is -1.13. The molecule has 4 heteroatoms. The average Bonchev–Trinajstić information content (AvgIpc) is 2.19. The molecule has 0 amide bonds. The normalized spacial score (nSPS) is 22.2.